The Bertz CT molecular complexity index is 694. The quantitative estimate of drug-likeness (QED) is 0.361. The van der Waals surface area contributed by atoms with E-state index in [1.165, 1.54) is 39.2 Å². The molecule has 0 aliphatic carbocycles. The van der Waals surface area contributed by atoms with Crippen LogP contribution in [-0.2, 0) is 23.9 Å². The predicted molar refractivity (Wildman–Crippen MR) is 83.2 cm³/mol. The Morgan fingerprint density at radius 2 is 1.79 bits per heavy atom. The van der Waals surface area contributed by atoms with Crippen LogP contribution < -0.4 is 9.47 Å². The molecule has 0 saturated carbocycles. The number of benzene rings is 1. The lowest BCUT2D eigenvalue weighted by Crippen LogP contribution is -2.41. The molecule has 0 unspecified atom stereocenters. The fraction of sp³-hybridized carbons (Fsp3) is 0.353. The minimum Gasteiger partial charge on any atom is -0.493 e. The van der Waals surface area contributed by atoms with E-state index in [0.717, 1.165) is 0 Å². The minimum absolute atomic E-state index is 0.225. The summed E-state index contributed by atoms with van der Waals surface area (Å²) in [5, 5.41) is 0. The highest BCUT2D eigenvalue weighted by molar-refractivity contribution is 6.18. The van der Waals surface area contributed by atoms with Crippen molar-refractivity contribution in [1.82, 2.24) is 0 Å². The van der Waals surface area contributed by atoms with E-state index in [0.29, 0.717) is 11.3 Å². The largest absolute Gasteiger partial charge is 0.493 e. The zero-order valence-electron chi connectivity index (χ0n) is 13.9. The average Bonchev–Trinajstić information content (AvgIpc) is 2.51. The summed E-state index contributed by atoms with van der Waals surface area (Å²) in [5.41, 5.74) is 0.265. The number of methoxy groups -OCH3 is 1. The summed E-state index contributed by atoms with van der Waals surface area (Å²) in [5.74, 6) is -2.68. The number of ether oxygens (including phenoxy) is 4. The molecule has 7 heteroatoms. The van der Waals surface area contributed by atoms with Crippen molar-refractivity contribution < 1.29 is 33.3 Å². The average molecular weight is 334 g/mol. The molecule has 0 amide bonds. The van der Waals surface area contributed by atoms with Crippen LogP contribution in [0.25, 0.3) is 6.08 Å². The monoisotopic (exact) mass is 334 g/mol. The number of esters is 3. The van der Waals surface area contributed by atoms with Crippen molar-refractivity contribution in [2.75, 3.05) is 7.11 Å². The van der Waals surface area contributed by atoms with Crippen molar-refractivity contribution in [3.05, 3.63) is 29.3 Å². The van der Waals surface area contributed by atoms with Gasteiger partial charge in [-0.25, -0.2) is 9.59 Å². The predicted octanol–water partition coefficient (Wildman–Crippen LogP) is 2.23. The van der Waals surface area contributed by atoms with Crippen molar-refractivity contribution in [1.29, 1.82) is 0 Å². The molecule has 0 atom stereocenters. The molecule has 0 N–H and O–H groups in total. The van der Waals surface area contributed by atoms with Crippen LogP contribution in [0.4, 0.5) is 0 Å². The second kappa shape index (κ2) is 6.74. The van der Waals surface area contributed by atoms with Gasteiger partial charge in [0.15, 0.2) is 11.5 Å². The second-order valence-corrected chi connectivity index (χ2v) is 5.47. The van der Waals surface area contributed by atoms with Gasteiger partial charge in [-0.1, -0.05) is 13.0 Å². The third-order valence-electron chi connectivity index (χ3n) is 3.13. The van der Waals surface area contributed by atoms with Crippen LogP contribution in [0.5, 0.6) is 11.5 Å². The summed E-state index contributed by atoms with van der Waals surface area (Å²) in [6.45, 7) is 4.62. The van der Waals surface area contributed by atoms with Gasteiger partial charge >= 0.3 is 17.9 Å². The summed E-state index contributed by atoms with van der Waals surface area (Å²) < 4.78 is 20.4. The van der Waals surface area contributed by atoms with Gasteiger partial charge in [0.25, 0.3) is 5.79 Å². The molecule has 1 aromatic rings. The second-order valence-electron chi connectivity index (χ2n) is 5.47. The van der Waals surface area contributed by atoms with Crippen molar-refractivity contribution >= 4 is 24.0 Å². The summed E-state index contributed by atoms with van der Waals surface area (Å²) in [7, 11) is 1.42. The van der Waals surface area contributed by atoms with Gasteiger partial charge in [-0.05, 0) is 23.8 Å². The van der Waals surface area contributed by atoms with Gasteiger partial charge in [0.05, 0.1) is 7.11 Å². The highest BCUT2D eigenvalue weighted by Crippen LogP contribution is 2.30. The Morgan fingerprint density at radius 3 is 2.33 bits per heavy atom. The van der Waals surface area contributed by atoms with Crippen molar-refractivity contribution in [2.45, 2.75) is 33.0 Å². The number of cyclic esters (lactones) is 2. The Kier molecular flexibility index (Phi) is 4.92. The van der Waals surface area contributed by atoms with Gasteiger partial charge in [0.2, 0.25) is 0 Å². The molecule has 1 fully saturated rings. The molecule has 2 rings (SSSR count). The minimum atomic E-state index is -1.29. The molecule has 1 aliphatic heterocycles. The number of hydrogen-bond acceptors (Lipinski definition) is 7. The molecule has 0 radical (unpaired) electrons. The Hall–Kier alpha value is -2.83. The van der Waals surface area contributed by atoms with Crippen molar-refractivity contribution in [2.24, 2.45) is 0 Å². The van der Waals surface area contributed by atoms with E-state index in [2.05, 4.69) is 0 Å². The van der Waals surface area contributed by atoms with Gasteiger partial charge < -0.3 is 18.9 Å². The van der Waals surface area contributed by atoms with Gasteiger partial charge in [0.1, 0.15) is 5.57 Å². The standard InChI is InChI=1S/C17H18O7/c1-5-14(18)22-12-7-6-10(9-13(12)21-4)8-11-15(19)23-17(2,3)24-16(11)20/h6-9H,5H2,1-4H3. The lowest BCUT2D eigenvalue weighted by atomic mass is 10.1. The zero-order chi connectivity index (χ0) is 17.9. The van der Waals surface area contributed by atoms with Crippen LogP contribution in [0, 0.1) is 0 Å². The van der Waals surface area contributed by atoms with E-state index >= 15 is 0 Å². The molecule has 1 aromatic carbocycles. The number of rotatable bonds is 4. The molecule has 0 spiro atoms. The van der Waals surface area contributed by atoms with E-state index in [-0.39, 0.29) is 17.7 Å². The van der Waals surface area contributed by atoms with E-state index in [1.54, 1.807) is 13.0 Å². The third-order valence-corrected chi connectivity index (χ3v) is 3.13. The van der Waals surface area contributed by atoms with Crippen LogP contribution in [0.1, 0.15) is 32.8 Å². The highest BCUT2D eigenvalue weighted by Gasteiger charge is 2.38. The van der Waals surface area contributed by atoms with E-state index < -0.39 is 23.7 Å². The summed E-state index contributed by atoms with van der Waals surface area (Å²) in [6.07, 6.45) is 1.55. The summed E-state index contributed by atoms with van der Waals surface area (Å²) in [4.78, 5) is 35.3. The number of carbonyl (C=O) groups is 3. The smallest absolute Gasteiger partial charge is 0.348 e. The van der Waals surface area contributed by atoms with Crippen LogP contribution in [-0.4, -0.2) is 30.8 Å². The maximum atomic E-state index is 11.9. The first-order chi connectivity index (χ1) is 11.3. The number of carbonyl (C=O) groups excluding carboxylic acids is 3. The molecular formula is C17H18O7. The Morgan fingerprint density at radius 1 is 1.17 bits per heavy atom. The molecule has 1 saturated heterocycles. The molecule has 0 bridgehead atoms. The van der Waals surface area contributed by atoms with E-state index in [9.17, 15) is 14.4 Å². The molecule has 128 valence electrons. The first kappa shape index (κ1) is 17.5. The normalized spacial score (nSPS) is 16.1. The lowest BCUT2D eigenvalue weighted by molar-refractivity contribution is -0.222. The van der Waals surface area contributed by atoms with Gasteiger partial charge in [0, 0.05) is 20.3 Å². The fourth-order valence-corrected chi connectivity index (χ4v) is 2.00. The van der Waals surface area contributed by atoms with Crippen LogP contribution in [0.15, 0.2) is 23.8 Å². The molecule has 1 aliphatic rings. The zero-order valence-corrected chi connectivity index (χ0v) is 13.9. The van der Waals surface area contributed by atoms with Crippen LogP contribution in [0.2, 0.25) is 0 Å². The third kappa shape index (κ3) is 3.92. The first-order valence-corrected chi connectivity index (χ1v) is 7.33. The Balaban J connectivity index is 2.31. The van der Waals surface area contributed by atoms with Gasteiger partial charge in [-0.15, -0.1) is 0 Å². The molecule has 1 heterocycles. The molecule has 24 heavy (non-hydrogen) atoms. The van der Waals surface area contributed by atoms with E-state index in [1.807, 2.05) is 0 Å². The molecule has 0 aromatic heterocycles. The van der Waals surface area contributed by atoms with Gasteiger partial charge in [-0.3, -0.25) is 4.79 Å². The highest BCUT2D eigenvalue weighted by atomic mass is 16.7. The molecule has 7 nitrogen and oxygen atoms in total. The Labute approximate surface area is 139 Å². The van der Waals surface area contributed by atoms with Crippen molar-refractivity contribution in [3.8, 4) is 11.5 Å². The van der Waals surface area contributed by atoms with Crippen molar-refractivity contribution in [3.63, 3.8) is 0 Å². The number of hydrogen-bond donors (Lipinski definition) is 0. The van der Waals surface area contributed by atoms with Crippen LogP contribution in [0.3, 0.4) is 0 Å². The van der Waals surface area contributed by atoms with Gasteiger partial charge in [-0.2, -0.15) is 0 Å². The van der Waals surface area contributed by atoms with Crippen LogP contribution >= 0.6 is 0 Å². The molecular weight excluding hydrogens is 316 g/mol. The summed E-state index contributed by atoms with van der Waals surface area (Å²) in [6, 6.07) is 4.63. The fourth-order valence-electron chi connectivity index (χ4n) is 2.00. The first-order valence-electron chi connectivity index (χ1n) is 7.33. The SMILES string of the molecule is CCC(=O)Oc1ccc(C=C2C(=O)OC(C)(C)OC2=O)cc1OC. The lowest BCUT2D eigenvalue weighted by Gasteiger charge is -2.29. The maximum Gasteiger partial charge on any atom is 0.348 e. The van der Waals surface area contributed by atoms with E-state index in [4.69, 9.17) is 18.9 Å². The summed E-state index contributed by atoms with van der Waals surface area (Å²) >= 11 is 0. The topological polar surface area (TPSA) is 88.1 Å². The maximum absolute atomic E-state index is 11.9.